The van der Waals surface area contributed by atoms with Gasteiger partial charge in [-0.3, -0.25) is 4.68 Å². The minimum absolute atomic E-state index is 0.213. The molecule has 1 rings (SSSR count). The second-order valence-electron chi connectivity index (χ2n) is 4.45. The zero-order valence-corrected chi connectivity index (χ0v) is 10.6. The molecule has 80 valence electrons. The predicted octanol–water partition coefficient (Wildman–Crippen LogP) is 2.42. The van der Waals surface area contributed by atoms with E-state index in [-0.39, 0.29) is 5.54 Å². The molecule has 0 atom stereocenters. The first-order chi connectivity index (χ1) is 6.47. The molecule has 0 saturated heterocycles. The Morgan fingerprint density at radius 1 is 1.50 bits per heavy atom. The summed E-state index contributed by atoms with van der Waals surface area (Å²) in [4.78, 5) is 0. The van der Waals surface area contributed by atoms with Gasteiger partial charge in [-0.2, -0.15) is 5.10 Å². The van der Waals surface area contributed by atoms with Crippen LogP contribution in [-0.2, 0) is 6.54 Å². The summed E-state index contributed by atoms with van der Waals surface area (Å²) >= 11 is 3.37. The minimum atomic E-state index is 0.213. The van der Waals surface area contributed by atoms with Crippen LogP contribution >= 0.6 is 15.9 Å². The van der Waals surface area contributed by atoms with E-state index in [9.17, 15) is 0 Å². The number of halogens is 1. The number of nitrogens with one attached hydrogen (secondary N) is 1. The van der Waals surface area contributed by atoms with Crippen LogP contribution in [0.5, 0.6) is 0 Å². The van der Waals surface area contributed by atoms with E-state index >= 15 is 0 Å². The van der Waals surface area contributed by atoms with Gasteiger partial charge in [0.15, 0.2) is 0 Å². The molecule has 0 spiro atoms. The molecule has 4 heteroatoms. The fraction of sp³-hybridized carbons (Fsp3) is 0.700. The summed E-state index contributed by atoms with van der Waals surface area (Å²) in [6.07, 6.45) is 4.92. The molecule has 0 aliphatic carbocycles. The van der Waals surface area contributed by atoms with E-state index in [0.29, 0.717) is 0 Å². The Labute approximate surface area is 94.0 Å². The highest BCUT2D eigenvalue weighted by Crippen LogP contribution is 2.06. The summed E-state index contributed by atoms with van der Waals surface area (Å²) in [5, 5.41) is 7.64. The second-order valence-corrected chi connectivity index (χ2v) is 5.37. The molecule has 0 radical (unpaired) electrons. The van der Waals surface area contributed by atoms with Gasteiger partial charge in [-0.05, 0) is 49.7 Å². The van der Waals surface area contributed by atoms with Crippen molar-refractivity contribution in [1.29, 1.82) is 0 Å². The van der Waals surface area contributed by atoms with E-state index in [1.165, 1.54) is 0 Å². The van der Waals surface area contributed by atoms with E-state index in [2.05, 4.69) is 47.1 Å². The monoisotopic (exact) mass is 259 g/mol. The quantitative estimate of drug-likeness (QED) is 0.842. The predicted molar refractivity (Wildman–Crippen MR) is 62.3 cm³/mol. The largest absolute Gasteiger partial charge is 0.312 e. The average molecular weight is 260 g/mol. The molecule has 0 fully saturated rings. The van der Waals surface area contributed by atoms with Gasteiger partial charge in [-0.15, -0.1) is 0 Å². The number of aryl methyl sites for hydroxylation is 1. The lowest BCUT2D eigenvalue weighted by atomic mass is 10.1. The molecule has 1 N–H and O–H groups in total. The molecule has 1 aromatic heterocycles. The van der Waals surface area contributed by atoms with Gasteiger partial charge in [0, 0.05) is 18.3 Å². The van der Waals surface area contributed by atoms with Crippen LogP contribution in [-0.4, -0.2) is 21.9 Å². The van der Waals surface area contributed by atoms with Crippen LogP contribution in [0.25, 0.3) is 0 Å². The number of hydrogen-bond donors (Lipinski definition) is 1. The zero-order valence-electron chi connectivity index (χ0n) is 9.05. The Kier molecular flexibility index (Phi) is 4.13. The van der Waals surface area contributed by atoms with Crippen molar-refractivity contribution in [2.45, 2.75) is 39.3 Å². The topological polar surface area (TPSA) is 29.9 Å². The summed E-state index contributed by atoms with van der Waals surface area (Å²) in [6, 6.07) is 0. The Hall–Kier alpha value is -0.350. The highest BCUT2D eigenvalue weighted by atomic mass is 79.9. The SMILES string of the molecule is CC(C)(C)NCCCn1cc(Br)cn1. The highest BCUT2D eigenvalue weighted by Gasteiger charge is 2.07. The van der Waals surface area contributed by atoms with Gasteiger partial charge in [0.05, 0.1) is 10.7 Å². The standard InChI is InChI=1S/C10H18BrN3/c1-10(2,3)12-5-4-6-14-8-9(11)7-13-14/h7-8,12H,4-6H2,1-3H3. The maximum atomic E-state index is 4.19. The van der Waals surface area contributed by atoms with Crippen LogP contribution in [0.4, 0.5) is 0 Å². The van der Waals surface area contributed by atoms with Crippen molar-refractivity contribution < 1.29 is 0 Å². The smallest absolute Gasteiger partial charge is 0.0632 e. The number of nitrogens with zero attached hydrogens (tertiary/aromatic N) is 2. The summed E-state index contributed by atoms with van der Waals surface area (Å²) in [5.74, 6) is 0. The van der Waals surface area contributed by atoms with Crippen molar-refractivity contribution in [2.75, 3.05) is 6.54 Å². The van der Waals surface area contributed by atoms with E-state index in [0.717, 1.165) is 24.0 Å². The molecule has 0 aliphatic heterocycles. The fourth-order valence-electron chi connectivity index (χ4n) is 1.17. The normalized spacial score (nSPS) is 12.0. The zero-order chi connectivity index (χ0) is 10.6. The van der Waals surface area contributed by atoms with Crippen LogP contribution < -0.4 is 5.32 Å². The molecule has 0 aromatic carbocycles. The van der Waals surface area contributed by atoms with E-state index in [1.54, 1.807) is 0 Å². The summed E-state index contributed by atoms with van der Waals surface area (Å²) < 4.78 is 3.00. The summed E-state index contributed by atoms with van der Waals surface area (Å²) in [7, 11) is 0. The van der Waals surface area contributed by atoms with Crippen molar-refractivity contribution in [3.8, 4) is 0 Å². The third-order valence-corrected chi connectivity index (χ3v) is 2.23. The number of aromatic nitrogens is 2. The molecule has 14 heavy (non-hydrogen) atoms. The van der Waals surface area contributed by atoms with Gasteiger partial charge in [0.25, 0.3) is 0 Å². The Morgan fingerprint density at radius 3 is 2.71 bits per heavy atom. The van der Waals surface area contributed by atoms with Gasteiger partial charge >= 0.3 is 0 Å². The average Bonchev–Trinajstić information content (AvgIpc) is 2.44. The van der Waals surface area contributed by atoms with Gasteiger partial charge < -0.3 is 5.32 Å². The van der Waals surface area contributed by atoms with Gasteiger partial charge in [-0.25, -0.2) is 0 Å². The van der Waals surface area contributed by atoms with Gasteiger partial charge in [0.1, 0.15) is 0 Å². The van der Waals surface area contributed by atoms with Crippen molar-refractivity contribution in [3.63, 3.8) is 0 Å². The first-order valence-corrected chi connectivity index (χ1v) is 5.70. The van der Waals surface area contributed by atoms with Crippen LogP contribution in [0.15, 0.2) is 16.9 Å². The summed E-state index contributed by atoms with van der Waals surface area (Å²) in [5.41, 5.74) is 0.213. The molecule has 1 aromatic rings. The van der Waals surface area contributed by atoms with Crippen molar-refractivity contribution in [1.82, 2.24) is 15.1 Å². The van der Waals surface area contributed by atoms with Crippen molar-refractivity contribution in [3.05, 3.63) is 16.9 Å². The first kappa shape index (κ1) is 11.7. The Morgan fingerprint density at radius 2 is 2.21 bits per heavy atom. The number of rotatable bonds is 4. The lowest BCUT2D eigenvalue weighted by molar-refractivity contribution is 0.409. The molecule has 0 aliphatic rings. The lowest BCUT2D eigenvalue weighted by Gasteiger charge is -2.20. The maximum absolute atomic E-state index is 4.19. The minimum Gasteiger partial charge on any atom is -0.312 e. The van der Waals surface area contributed by atoms with Crippen molar-refractivity contribution in [2.24, 2.45) is 0 Å². The maximum Gasteiger partial charge on any atom is 0.0632 e. The Balaban J connectivity index is 2.16. The lowest BCUT2D eigenvalue weighted by Crippen LogP contribution is -2.36. The Bertz CT molecular complexity index is 275. The van der Waals surface area contributed by atoms with Crippen molar-refractivity contribution >= 4 is 15.9 Å². The van der Waals surface area contributed by atoms with E-state index in [1.807, 2.05) is 17.1 Å². The van der Waals surface area contributed by atoms with E-state index in [4.69, 9.17) is 0 Å². The van der Waals surface area contributed by atoms with Crippen LogP contribution in [0.1, 0.15) is 27.2 Å². The third kappa shape index (κ3) is 4.77. The molecule has 0 bridgehead atoms. The molecule has 0 saturated carbocycles. The van der Waals surface area contributed by atoms with Crippen LogP contribution in [0.2, 0.25) is 0 Å². The van der Waals surface area contributed by atoms with Gasteiger partial charge in [0.2, 0.25) is 0 Å². The summed E-state index contributed by atoms with van der Waals surface area (Å²) in [6.45, 7) is 8.53. The molecule has 3 nitrogen and oxygen atoms in total. The first-order valence-electron chi connectivity index (χ1n) is 4.90. The highest BCUT2D eigenvalue weighted by molar-refractivity contribution is 9.10. The molecule has 1 heterocycles. The van der Waals surface area contributed by atoms with Crippen LogP contribution in [0, 0.1) is 0 Å². The molecule has 0 unspecified atom stereocenters. The molecular formula is C10H18BrN3. The molecule has 0 amide bonds. The number of hydrogen-bond acceptors (Lipinski definition) is 2. The van der Waals surface area contributed by atoms with Gasteiger partial charge in [-0.1, -0.05) is 0 Å². The third-order valence-electron chi connectivity index (χ3n) is 1.82. The fourth-order valence-corrected chi connectivity index (χ4v) is 1.49. The molecular weight excluding hydrogens is 242 g/mol. The van der Waals surface area contributed by atoms with Crippen LogP contribution in [0.3, 0.4) is 0 Å². The van der Waals surface area contributed by atoms with E-state index < -0.39 is 0 Å². The second kappa shape index (κ2) is 4.94.